The van der Waals surface area contributed by atoms with Crippen molar-refractivity contribution in [1.82, 2.24) is 10.3 Å². The molecule has 0 radical (unpaired) electrons. The molecule has 138 valence electrons. The number of carbonyl (C=O) groups is 1. The van der Waals surface area contributed by atoms with Crippen LogP contribution in [0, 0.1) is 11.6 Å². The number of hydrogen-bond acceptors (Lipinski definition) is 3. The molecule has 1 aromatic carbocycles. The van der Waals surface area contributed by atoms with Crippen LogP contribution >= 0.6 is 0 Å². The lowest BCUT2D eigenvalue weighted by Crippen LogP contribution is -2.29. The molecule has 3 rings (SSSR count). The van der Waals surface area contributed by atoms with Crippen molar-refractivity contribution in [3.05, 3.63) is 58.8 Å². The molecule has 1 saturated carbocycles. The molecule has 1 aliphatic rings. The molecule has 1 fully saturated rings. The highest BCUT2D eigenvalue weighted by molar-refractivity contribution is 5.83. The van der Waals surface area contributed by atoms with Crippen molar-refractivity contribution >= 4 is 5.91 Å². The van der Waals surface area contributed by atoms with E-state index in [1.807, 2.05) is 19.2 Å². The summed E-state index contributed by atoms with van der Waals surface area (Å²) in [7, 11) is 1.54. The Kier molecular flexibility index (Phi) is 5.49. The highest BCUT2D eigenvalue weighted by atomic mass is 19.2. The first-order valence-corrected chi connectivity index (χ1v) is 8.79. The molecule has 6 heteroatoms. The van der Waals surface area contributed by atoms with Gasteiger partial charge in [0.25, 0.3) is 0 Å². The van der Waals surface area contributed by atoms with Crippen molar-refractivity contribution in [3.63, 3.8) is 0 Å². The molecule has 4 nitrogen and oxygen atoms in total. The second-order valence-corrected chi connectivity index (χ2v) is 6.56. The number of aromatic nitrogens is 1. The molecule has 1 amide bonds. The van der Waals surface area contributed by atoms with Gasteiger partial charge in [-0.05, 0) is 54.5 Å². The second-order valence-electron chi connectivity index (χ2n) is 6.56. The van der Waals surface area contributed by atoms with Crippen LogP contribution in [0.3, 0.4) is 0 Å². The van der Waals surface area contributed by atoms with Gasteiger partial charge >= 0.3 is 0 Å². The summed E-state index contributed by atoms with van der Waals surface area (Å²) < 4.78 is 31.9. The summed E-state index contributed by atoms with van der Waals surface area (Å²) in [5.41, 5.74) is 2.42. The third-order valence-corrected chi connectivity index (χ3v) is 4.71. The molecule has 1 heterocycles. The molecule has 0 spiro atoms. The third kappa shape index (κ3) is 4.00. The molecule has 2 aromatic rings. The summed E-state index contributed by atoms with van der Waals surface area (Å²) in [4.78, 5) is 16.9. The number of rotatable bonds is 7. The predicted molar refractivity (Wildman–Crippen MR) is 94.0 cm³/mol. The number of amides is 1. The highest BCUT2D eigenvalue weighted by Gasteiger charge is 2.25. The molecule has 1 aromatic heterocycles. The zero-order valence-corrected chi connectivity index (χ0v) is 14.9. The smallest absolute Gasteiger partial charge is 0.227 e. The lowest BCUT2D eigenvalue weighted by Gasteiger charge is -2.17. The van der Waals surface area contributed by atoms with Crippen LogP contribution in [0.2, 0.25) is 0 Å². The zero-order chi connectivity index (χ0) is 18.7. The topological polar surface area (TPSA) is 51.2 Å². The van der Waals surface area contributed by atoms with Crippen LogP contribution in [0.5, 0.6) is 5.88 Å². The van der Waals surface area contributed by atoms with Gasteiger partial charge in [0.05, 0.1) is 13.0 Å². The SMILES string of the molecule is CCC(C(=O)NCc1cc(C2CC2)cnc1OC)c1ccc(F)c(F)c1. The maximum absolute atomic E-state index is 13.5. The number of ether oxygens (including phenoxy) is 1. The van der Waals surface area contributed by atoms with Crippen LogP contribution < -0.4 is 10.1 Å². The fraction of sp³-hybridized carbons (Fsp3) is 0.400. The fourth-order valence-electron chi connectivity index (χ4n) is 3.07. The van der Waals surface area contributed by atoms with Gasteiger partial charge in [0.2, 0.25) is 11.8 Å². The minimum absolute atomic E-state index is 0.239. The quantitative estimate of drug-likeness (QED) is 0.810. The first-order chi connectivity index (χ1) is 12.5. The molecule has 0 bridgehead atoms. The van der Waals surface area contributed by atoms with Crippen LogP contribution in [0.4, 0.5) is 8.78 Å². The van der Waals surface area contributed by atoms with E-state index >= 15 is 0 Å². The number of benzene rings is 1. The van der Waals surface area contributed by atoms with Crippen LogP contribution in [-0.2, 0) is 11.3 Å². The van der Waals surface area contributed by atoms with E-state index in [4.69, 9.17) is 4.74 Å². The minimum Gasteiger partial charge on any atom is -0.481 e. The van der Waals surface area contributed by atoms with E-state index in [1.54, 1.807) is 7.11 Å². The summed E-state index contributed by atoms with van der Waals surface area (Å²) in [6, 6.07) is 5.59. The van der Waals surface area contributed by atoms with E-state index in [0.717, 1.165) is 36.1 Å². The summed E-state index contributed by atoms with van der Waals surface area (Å²) in [6.45, 7) is 2.11. The summed E-state index contributed by atoms with van der Waals surface area (Å²) in [6.07, 6.45) is 4.62. The Labute approximate surface area is 151 Å². The Morgan fingerprint density at radius 1 is 1.31 bits per heavy atom. The van der Waals surface area contributed by atoms with Crippen molar-refractivity contribution in [3.8, 4) is 5.88 Å². The van der Waals surface area contributed by atoms with E-state index in [1.165, 1.54) is 6.07 Å². The van der Waals surface area contributed by atoms with Gasteiger partial charge in [-0.25, -0.2) is 13.8 Å². The molecule has 26 heavy (non-hydrogen) atoms. The molecule has 1 aliphatic carbocycles. The van der Waals surface area contributed by atoms with Gasteiger partial charge in [-0.3, -0.25) is 4.79 Å². The summed E-state index contributed by atoms with van der Waals surface area (Å²) >= 11 is 0. The van der Waals surface area contributed by atoms with E-state index in [2.05, 4.69) is 10.3 Å². The van der Waals surface area contributed by atoms with Gasteiger partial charge < -0.3 is 10.1 Å². The van der Waals surface area contributed by atoms with Crippen LogP contribution in [-0.4, -0.2) is 18.0 Å². The monoisotopic (exact) mass is 360 g/mol. The average molecular weight is 360 g/mol. The molecule has 1 unspecified atom stereocenters. The van der Waals surface area contributed by atoms with Crippen molar-refractivity contribution in [2.45, 2.75) is 44.6 Å². The maximum atomic E-state index is 13.5. The standard InChI is InChI=1S/C20H22F2N2O2/c1-3-16(13-6-7-17(21)18(22)9-13)19(25)23-11-15-8-14(12-4-5-12)10-24-20(15)26-2/h6-10,12,16H,3-5,11H2,1-2H3,(H,23,25). The normalized spacial score (nSPS) is 14.8. The van der Waals surface area contributed by atoms with Gasteiger partial charge in [-0.15, -0.1) is 0 Å². The van der Waals surface area contributed by atoms with Gasteiger partial charge in [0.1, 0.15) is 0 Å². The number of pyridine rings is 1. The Balaban J connectivity index is 1.72. The maximum Gasteiger partial charge on any atom is 0.227 e. The number of nitrogens with one attached hydrogen (secondary N) is 1. The average Bonchev–Trinajstić information content (AvgIpc) is 3.48. The van der Waals surface area contributed by atoms with Crippen LogP contribution in [0.1, 0.15) is 54.7 Å². The molecule has 0 saturated heterocycles. The van der Waals surface area contributed by atoms with E-state index in [0.29, 0.717) is 23.8 Å². The van der Waals surface area contributed by atoms with Gasteiger partial charge in [-0.2, -0.15) is 0 Å². The van der Waals surface area contributed by atoms with E-state index in [-0.39, 0.29) is 12.5 Å². The molecular weight excluding hydrogens is 338 g/mol. The van der Waals surface area contributed by atoms with Gasteiger partial charge in [0.15, 0.2) is 11.6 Å². The summed E-state index contributed by atoms with van der Waals surface area (Å²) in [5, 5.41) is 2.87. The predicted octanol–water partition coefficient (Wildman–Crippen LogP) is 4.06. The minimum atomic E-state index is -0.947. The van der Waals surface area contributed by atoms with Gasteiger partial charge in [-0.1, -0.05) is 13.0 Å². The van der Waals surface area contributed by atoms with E-state index in [9.17, 15) is 13.6 Å². The highest BCUT2D eigenvalue weighted by Crippen LogP contribution is 2.40. The van der Waals surface area contributed by atoms with Crippen molar-refractivity contribution in [2.24, 2.45) is 0 Å². The second kappa shape index (κ2) is 7.81. The number of halogens is 2. The molecular formula is C20H22F2N2O2. The molecule has 1 atom stereocenters. The Bertz CT molecular complexity index is 806. The third-order valence-electron chi connectivity index (χ3n) is 4.71. The Morgan fingerprint density at radius 2 is 2.08 bits per heavy atom. The number of hydrogen-bond donors (Lipinski definition) is 1. The summed E-state index contributed by atoms with van der Waals surface area (Å²) in [5.74, 6) is -1.62. The first kappa shape index (κ1) is 18.3. The van der Waals surface area contributed by atoms with Crippen LogP contribution in [0.15, 0.2) is 30.5 Å². The Morgan fingerprint density at radius 3 is 2.69 bits per heavy atom. The molecule has 0 aliphatic heterocycles. The fourth-order valence-corrected chi connectivity index (χ4v) is 3.07. The van der Waals surface area contributed by atoms with E-state index < -0.39 is 17.6 Å². The lowest BCUT2D eigenvalue weighted by molar-refractivity contribution is -0.122. The number of nitrogens with zero attached hydrogens (tertiary/aromatic N) is 1. The first-order valence-electron chi connectivity index (χ1n) is 8.79. The zero-order valence-electron chi connectivity index (χ0n) is 14.9. The largest absolute Gasteiger partial charge is 0.481 e. The van der Waals surface area contributed by atoms with Crippen molar-refractivity contribution in [1.29, 1.82) is 0 Å². The lowest BCUT2D eigenvalue weighted by atomic mass is 9.95. The molecule has 1 N–H and O–H groups in total. The van der Waals surface area contributed by atoms with Crippen molar-refractivity contribution < 1.29 is 18.3 Å². The Hall–Kier alpha value is -2.50. The number of carbonyl (C=O) groups excluding carboxylic acids is 1. The number of methoxy groups -OCH3 is 1. The van der Waals surface area contributed by atoms with Gasteiger partial charge in [0, 0.05) is 18.3 Å². The van der Waals surface area contributed by atoms with Crippen molar-refractivity contribution in [2.75, 3.05) is 7.11 Å². The van der Waals surface area contributed by atoms with Crippen LogP contribution in [0.25, 0.3) is 0 Å².